The molecule has 0 saturated heterocycles. The Balaban J connectivity index is 2.43. The first-order valence-corrected chi connectivity index (χ1v) is 14.2. The van der Waals surface area contributed by atoms with Gasteiger partial charge in [-0.2, -0.15) is 0 Å². The van der Waals surface area contributed by atoms with Crippen LogP contribution >= 0.6 is 11.6 Å². The molecule has 10 heteroatoms. The quantitative estimate of drug-likeness (QED) is 0.387. The fourth-order valence-electron chi connectivity index (χ4n) is 3.85. The Bertz CT molecular complexity index is 1140. The molecular formula is C26H36ClN3O5S. The second-order valence-corrected chi connectivity index (χ2v) is 11.0. The fraction of sp³-hybridized carbons (Fsp3) is 0.462. The standard InChI is InChI=1S/C26H36ClN3O5S/c1-6-8-15-28-26(32)23(7-2)29(17-20-9-12-22(35-4)13-10-20)25(31)18-30(36(5,33)34)24-14-11-21(27)16-19(24)3/h9-14,16,23H,6-8,15,17-18H2,1-5H3,(H,28,32)/t23-/m0/s1. The van der Waals surface area contributed by atoms with Crippen LogP contribution in [-0.4, -0.2) is 57.6 Å². The van der Waals surface area contributed by atoms with E-state index < -0.39 is 28.5 Å². The van der Waals surface area contributed by atoms with Crippen LogP contribution in [0.1, 0.15) is 44.2 Å². The highest BCUT2D eigenvalue weighted by atomic mass is 35.5. The predicted molar refractivity (Wildman–Crippen MR) is 144 cm³/mol. The van der Waals surface area contributed by atoms with Crippen LogP contribution in [0.25, 0.3) is 0 Å². The number of amides is 2. The van der Waals surface area contributed by atoms with Gasteiger partial charge >= 0.3 is 0 Å². The number of ether oxygens (including phenoxy) is 1. The molecule has 0 unspecified atom stereocenters. The van der Waals surface area contributed by atoms with Gasteiger partial charge in [0.1, 0.15) is 18.3 Å². The van der Waals surface area contributed by atoms with Gasteiger partial charge in [0.15, 0.2) is 0 Å². The molecule has 0 radical (unpaired) electrons. The van der Waals surface area contributed by atoms with Crippen molar-refractivity contribution >= 4 is 39.1 Å². The van der Waals surface area contributed by atoms with Crippen molar-refractivity contribution in [1.29, 1.82) is 0 Å². The molecule has 36 heavy (non-hydrogen) atoms. The topological polar surface area (TPSA) is 96.0 Å². The minimum absolute atomic E-state index is 0.139. The number of nitrogens with zero attached hydrogens (tertiary/aromatic N) is 2. The maximum atomic E-state index is 13.7. The number of halogens is 1. The van der Waals surface area contributed by atoms with Crippen LogP contribution < -0.4 is 14.4 Å². The maximum absolute atomic E-state index is 13.7. The van der Waals surface area contributed by atoms with Gasteiger partial charge in [-0.25, -0.2) is 8.42 Å². The van der Waals surface area contributed by atoms with Crippen molar-refractivity contribution in [2.24, 2.45) is 0 Å². The lowest BCUT2D eigenvalue weighted by Gasteiger charge is -2.33. The van der Waals surface area contributed by atoms with E-state index in [4.69, 9.17) is 16.3 Å². The molecule has 0 aromatic heterocycles. The minimum atomic E-state index is -3.81. The van der Waals surface area contributed by atoms with Crippen LogP contribution in [-0.2, 0) is 26.2 Å². The molecule has 2 amide bonds. The Kier molecular flexibility index (Phi) is 11.0. The summed E-state index contributed by atoms with van der Waals surface area (Å²) in [4.78, 5) is 28.2. The van der Waals surface area contributed by atoms with Crippen molar-refractivity contribution < 1.29 is 22.7 Å². The molecule has 2 rings (SSSR count). The number of hydrogen-bond donors (Lipinski definition) is 1. The number of anilines is 1. The molecule has 0 fully saturated rings. The van der Waals surface area contributed by atoms with Crippen molar-refractivity contribution in [3.8, 4) is 5.75 Å². The first-order chi connectivity index (χ1) is 17.0. The van der Waals surface area contributed by atoms with Crippen molar-refractivity contribution in [1.82, 2.24) is 10.2 Å². The third-order valence-corrected chi connectivity index (χ3v) is 7.20. The molecule has 198 valence electrons. The van der Waals surface area contributed by atoms with Crippen LogP contribution in [0.4, 0.5) is 5.69 Å². The average Bonchev–Trinajstić information content (AvgIpc) is 2.82. The van der Waals surface area contributed by atoms with Crippen LogP contribution in [0, 0.1) is 6.92 Å². The van der Waals surface area contributed by atoms with Gasteiger partial charge in [-0.3, -0.25) is 13.9 Å². The second-order valence-electron chi connectivity index (χ2n) is 8.64. The zero-order valence-corrected chi connectivity index (χ0v) is 23.2. The molecule has 0 spiro atoms. The van der Waals surface area contributed by atoms with Crippen LogP contribution in [0.2, 0.25) is 5.02 Å². The smallest absolute Gasteiger partial charge is 0.244 e. The van der Waals surface area contributed by atoms with Gasteiger partial charge in [-0.1, -0.05) is 44.0 Å². The number of aryl methyl sites for hydroxylation is 1. The molecule has 1 N–H and O–H groups in total. The fourth-order valence-corrected chi connectivity index (χ4v) is 4.98. The SMILES string of the molecule is CCCCNC(=O)[C@H](CC)N(Cc1ccc(OC)cc1)C(=O)CN(c1ccc(Cl)cc1C)S(C)(=O)=O. The van der Waals surface area contributed by atoms with Gasteiger partial charge in [-0.05, 0) is 61.2 Å². The van der Waals surface area contributed by atoms with E-state index in [0.717, 1.165) is 29.0 Å². The predicted octanol–water partition coefficient (Wildman–Crippen LogP) is 4.15. The summed E-state index contributed by atoms with van der Waals surface area (Å²) in [7, 11) is -2.24. The van der Waals surface area contributed by atoms with Crippen LogP contribution in [0.5, 0.6) is 5.75 Å². The van der Waals surface area contributed by atoms with Gasteiger partial charge in [0.2, 0.25) is 21.8 Å². The molecule has 0 aliphatic carbocycles. The Morgan fingerprint density at radius 2 is 1.78 bits per heavy atom. The van der Waals surface area contributed by atoms with Crippen molar-refractivity contribution in [2.45, 2.75) is 52.6 Å². The summed E-state index contributed by atoms with van der Waals surface area (Å²) in [5.41, 5.74) is 1.77. The highest BCUT2D eigenvalue weighted by Gasteiger charge is 2.32. The number of methoxy groups -OCH3 is 1. The number of benzene rings is 2. The van der Waals surface area contributed by atoms with Gasteiger partial charge in [0.25, 0.3) is 0 Å². The maximum Gasteiger partial charge on any atom is 0.244 e. The normalized spacial score (nSPS) is 12.1. The Morgan fingerprint density at radius 1 is 1.11 bits per heavy atom. The lowest BCUT2D eigenvalue weighted by molar-refractivity contribution is -0.140. The molecule has 8 nitrogen and oxygen atoms in total. The molecule has 0 bridgehead atoms. The Labute approximate surface area is 219 Å². The largest absolute Gasteiger partial charge is 0.497 e. The number of rotatable bonds is 13. The third-order valence-electron chi connectivity index (χ3n) is 5.83. The number of hydrogen-bond acceptors (Lipinski definition) is 5. The van der Waals surface area contributed by atoms with E-state index in [1.807, 2.05) is 26.0 Å². The van der Waals surface area contributed by atoms with E-state index in [1.165, 1.54) is 4.90 Å². The number of carbonyl (C=O) groups is 2. The lowest BCUT2D eigenvalue weighted by Crippen LogP contribution is -2.52. The summed E-state index contributed by atoms with van der Waals surface area (Å²) in [5.74, 6) is -0.0769. The van der Waals surface area contributed by atoms with E-state index >= 15 is 0 Å². The van der Waals surface area contributed by atoms with Gasteiger partial charge < -0.3 is 15.0 Å². The van der Waals surface area contributed by atoms with E-state index in [0.29, 0.717) is 35.0 Å². The lowest BCUT2D eigenvalue weighted by atomic mass is 10.1. The molecule has 2 aromatic carbocycles. The summed E-state index contributed by atoms with van der Waals surface area (Å²) in [6, 6.07) is 11.2. The van der Waals surface area contributed by atoms with Gasteiger partial charge in [-0.15, -0.1) is 0 Å². The summed E-state index contributed by atoms with van der Waals surface area (Å²) in [5, 5.41) is 3.37. The molecule has 2 aromatic rings. The average molecular weight is 538 g/mol. The molecule has 0 aliphatic rings. The van der Waals surface area contributed by atoms with Crippen LogP contribution in [0.3, 0.4) is 0 Å². The first kappa shape index (κ1) is 29.5. The monoisotopic (exact) mass is 537 g/mol. The van der Waals surface area contributed by atoms with E-state index in [9.17, 15) is 18.0 Å². The zero-order valence-electron chi connectivity index (χ0n) is 21.6. The highest BCUT2D eigenvalue weighted by molar-refractivity contribution is 7.92. The van der Waals surface area contributed by atoms with Crippen molar-refractivity contribution in [3.05, 3.63) is 58.6 Å². The molecule has 0 aliphatic heterocycles. The summed E-state index contributed by atoms with van der Waals surface area (Å²) >= 11 is 6.05. The molecule has 1 atom stereocenters. The number of nitrogens with one attached hydrogen (secondary N) is 1. The second kappa shape index (κ2) is 13.5. The van der Waals surface area contributed by atoms with E-state index in [1.54, 1.807) is 44.4 Å². The Hall–Kier alpha value is -2.78. The Morgan fingerprint density at radius 3 is 2.31 bits per heavy atom. The zero-order chi connectivity index (χ0) is 26.9. The van der Waals surface area contributed by atoms with Crippen molar-refractivity contribution in [2.75, 3.05) is 30.8 Å². The molecule has 0 saturated carbocycles. The van der Waals surface area contributed by atoms with Crippen molar-refractivity contribution in [3.63, 3.8) is 0 Å². The highest BCUT2D eigenvalue weighted by Crippen LogP contribution is 2.26. The minimum Gasteiger partial charge on any atom is -0.497 e. The number of unbranched alkanes of at least 4 members (excludes halogenated alkanes) is 1. The molecular weight excluding hydrogens is 502 g/mol. The summed E-state index contributed by atoms with van der Waals surface area (Å²) < 4.78 is 31.7. The van der Waals surface area contributed by atoms with Gasteiger partial charge in [0.05, 0.1) is 19.1 Å². The van der Waals surface area contributed by atoms with E-state index in [2.05, 4.69) is 5.32 Å². The summed E-state index contributed by atoms with van der Waals surface area (Å²) in [6.45, 7) is 5.79. The van der Waals surface area contributed by atoms with E-state index in [-0.39, 0.29) is 12.5 Å². The van der Waals surface area contributed by atoms with Gasteiger partial charge in [0, 0.05) is 18.1 Å². The van der Waals surface area contributed by atoms with Crippen LogP contribution in [0.15, 0.2) is 42.5 Å². The molecule has 0 heterocycles. The number of carbonyl (C=O) groups excluding carboxylic acids is 2. The number of sulfonamides is 1. The third kappa shape index (κ3) is 8.13. The summed E-state index contributed by atoms with van der Waals surface area (Å²) in [6.07, 6.45) is 3.18. The first-order valence-electron chi connectivity index (χ1n) is 12.0.